The molecule has 1 atom stereocenters. The summed E-state index contributed by atoms with van der Waals surface area (Å²) in [7, 11) is -2.19. The number of halogens is 2. The zero-order valence-electron chi connectivity index (χ0n) is 9.47. The molecular formula is C9H20F2O2Si. The molecule has 0 amide bonds. The Bertz CT molecular complexity index is 178. The van der Waals surface area contributed by atoms with Crippen LogP contribution in [0.1, 0.15) is 20.8 Å². The summed E-state index contributed by atoms with van der Waals surface area (Å²) < 4.78 is 30.1. The molecule has 14 heavy (non-hydrogen) atoms. The summed E-state index contributed by atoms with van der Waals surface area (Å²) >= 11 is 0. The van der Waals surface area contributed by atoms with Crippen LogP contribution in [0.15, 0.2) is 0 Å². The molecule has 0 fully saturated rings. The summed E-state index contributed by atoms with van der Waals surface area (Å²) in [6.45, 7) is 9.07. The third-order valence-corrected chi connectivity index (χ3v) is 7.22. The fourth-order valence-corrected chi connectivity index (χ4v) is 2.01. The summed E-state index contributed by atoms with van der Waals surface area (Å²) in [6, 6.07) is 0. The van der Waals surface area contributed by atoms with Crippen LogP contribution in [-0.4, -0.2) is 32.6 Å². The normalized spacial score (nSPS) is 16.1. The number of hydrogen-bond donors (Lipinski definition) is 1. The van der Waals surface area contributed by atoms with Crippen LogP contribution in [0.5, 0.6) is 0 Å². The zero-order valence-corrected chi connectivity index (χ0v) is 10.5. The van der Waals surface area contributed by atoms with Gasteiger partial charge in [0.2, 0.25) is 0 Å². The van der Waals surface area contributed by atoms with Crippen LogP contribution >= 0.6 is 0 Å². The van der Waals surface area contributed by atoms with Crippen molar-refractivity contribution >= 4 is 8.32 Å². The molecule has 0 aliphatic carbocycles. The second-order valence-electron chi connectivity index (χ2n) is 4.93. The Kier molecular flexibility index (Phi) is 4.68. The largest absolute Gasteiger partial charge is 0.406 e. The fraction of sp³-hybridized carbons (Fsp3) is 1.00. The highest BCUT2D eigenvalue weighted by Crippen LogP contribution is 2.37. The van der Waals surface area contributed by atoms with E-state index in [1.807, 2.05) is 33.9 Å². The summed E-state index contributed by atoms with van der Waals surface area (Å²) in [4.78, 5) is 0. The molecule has 0 saturated heterocycles. The van der Waals surface area contributed by atoms with E-state index in [-0.39, 0.29) is 5.04 Å². The quantitative estimate of drug-likeness (QED) is 0.747. The Morgan fingerprint density at radius 3 is 1.93 bits per heavy atom. The van der Waals surface area contributed by atoms with Crippen LogP contribution in [0.2, 0.25) is 18.1 Å². The highest BCUT2D eigenvalue weighted by molar-refractivity contribution is 6.74. The SMILES string of the molecule is CC(C)(C)[Si](C)(C)OC(CO)C(F)F. The predicted octanol–water partition coefficient (Wildman–Crippen LogP) is 2.63. The standard InChI is InChI=1S/C9H20F2O2Si/c1-9(2,3)14(4,5)13-7(6-12)8(10)11/h7-8,12H,6H2,1-5H3. The monoisotopic (exact) mass is 226 g/mol. The minimum Gasteiger partial charge on any atom is -0.406 e. The van der Waals surface area contributed by atoms with Crippen LogP contribution in [0.25, 0.3) is 0 Å². The van der Waals surface area contributed by atoms with Gasteiger partial charge in [0.1, 0.15) is 6.10 Å². The van der Waals surface area contributed by atoms with Crippen molar-refractivity contribution in [2.75, 3.05) is 6.61 Å². The van der Waals surface area contributed by atoms with E-state index in [1.165, 1.54) is 0 Å². The molecule has 0 rings (SSSR count). The number of alkyl halides is 2. The van der Waals surface area contributed by atoms with Gasteiger partial charge in [0.25, 0.3) is 6.43 Å². The van der Waals surface area contributed by atoms with Crippen molar-refractivity contribution < 1.29 is 18.3 Å². The smallest absolute Gasteiger partial charge is 0.265 e. The van der Waals surface area contributed by atoms with Crippen LogP contribution < -0.4 is 0 Å². The maximum atomic E-state index is 12.4. The number of rotatable bonds is 4. The minimum atomic E-state index is -2.62. The van der Waals surface area contributed by atoms with E-state index < -0.39 is 27.5 Å². The Morgan fingerprint density at radius 1 is 1.29 bits per heavy atom. The Morgan fingerprint density at radius 2 is 1.71 bits per heavy atom. The molecule has 0 saturated carbocycles. The van der Waals surface area contributed by atoms with E-state index in [9.17, 15) is 8.78 Å². The average molecular weight is 226 g/mol. The predicted molar refractivity (Wildman–Crippen MR) is 55.2 cm³/mol. The molecule has 0 bridgehead atoms. The van der Waals surface area contributed by atoms with Crippen molar-refractivity contribution in [1.29, 1.82) is 0 Å². The summed E-state index contributed by atoms with van der Waals surface area (Å²) in [5.74, 6) is 0. The highest BCUT2D eigenvalue weighted by Gasteiger charge is 2.40. The maximum absolute atomic E-state index is 12.4. The molecular weight excluding hydrogens is 206 g/mol. The molecule has 0 aromatic rings. The molecule has 5 heteroatoms. The lowest BCUT2D eigenvalue weighted by Gasteiger charge is -2.38. The average Bonchev–Trinajstić information content (AvgIpc) is 1.97. The summed E-state index contributed by atoms with van der Waals surface area (Å²) in [6.07, 6.45) is -3.95. The van der Waals surface area contributed by atoms with Gasteiger partial charge in [0.15, 0.2) is 8.32 Å². The molecule has 0 heterocycles. The third-order valence-electron chi connectivity index (χ3n) is 2.71. The maximum Gasteiger partial charge on any atom is 0.265 e. The van der Waals surface area contributed by atoms with E-state index >= 15 is 0 Å². The lowest BCUT2D eigenvalue weighted by atomic mass is 10.2. The Balaban J connectivity index is 4.48. The van der Waals surface area contributed by atoms with Crippen molar-refractivity contribution in [2.24, 2.45) is 0 Å². The van der Waals surface area contributed by atoms with E-state index in [0.717, 1.165) is 0 Å². The van der Waals surface area contributed by atoms with Gasteiger partial charge in [-0.2, -0.15) is 0 Å². The zero-order chi connectivity index (χ0) is 11.6. The minimum absolute atomic E-state index is 0.116. The molecule has 1 unspecified atom stereocenters. The highest BCUT2D eigenvalue weighted by atomic mass is 28.4. The number of aliphatic hydroxyl groups excluding tert-OH is 1. The van der Waals surface area contributed by atoms with E-state index in [1.54, 1.807) is 0 Å². The van der Waals surface area contributed by atoms with Gasteiger partial charge in [-0.25, -0.2) is 8.78 Å². The molecule has 2 nitrogen and oxygen atoms in total. The summed E-state index contributed by atoms with van der Waals surface area (Å²) in [5, 5.41) is 8.63. The number of hydrogen-bond acceptors (Lipinski definition) is 2. The first-order chi connectivity index (χ1) is 6.12. The van der Waals surface area contributed by atoms with E-state index in [0.29, 0.717) is 0 Å². The molecule has 1 N–H and O–H groups in total. The molecule has 86 valence electrons. The van der Waals surface area contributed by atoms with Gasteiger partial charge in [-0.15, -0.1) is 0 Å². The van der Waals surface area contributed by atoms with Crippen molar-refractivity contribution in [3.63, 3.8) is 0 Å². The van der Waals surface area contributed by atoms with Gasteiger partial charge in [0.05, 0.1) is 6.61 Å². The van der Waals surface area contributed by atoms with Gasteiger partial charge >= 0.3 is 0 Å². The molecule has 0 aromatic heterocycles. The van der Waals surface area contributed by atoms with Crippen LogP contribution in [0.3, 0.4) is 0 Å². The lowest BCUT2D eigenvalue weighted by Crippen LogP contribution is -2.46. The van der Waals surface area contributed by atoms with Gasteiger partial charge in [0, 0.05) is 0 Å². The van der Waals surface area contributed by atoms with Crippen molar-refractivity contribution in [3.8, 4) is 0 Å². The van der Waals surface area contributed by atoms with Crippen molar-refractivity contribution in [1.82, 2.24) is 0 Å². The second-order valence-corrected chi connectivity index (χ2v) is 9.69. The van der Waals surface area contributed by atoms with Crippen molar-refractivity contribution in [3.05, 3.63) is 0 Å². The van der Waals surface area contributed by atoms with E-state index in [4.69, 9.17) is 9.53 Å². The van der Waals surface area contributed by atoms with Crippen LogP contribution in [0.4, 0.5) is 8.78 Å². The third kappa shape index (κ3) is 3.63. The van der Waals surface area contributed by atoms with Gasteiger partial charge < -0.3 is 9.53 Å². The molecule has 0 aromatic carbocycles. The Labute approximate surface area is 85.4 Å². The molecule has 0 aliphatic rings. The van der Waals surface area contributed by atoms with Gasteiger partial charge in [-0.05, 0) is 18.1 Å². The van der Waals surface area contributed by atoms with Gasteiger partial charge in [-0.1, -0.05) is 20.8 Å². The van der Waals surface area contributed by atoms with Gasteiger partial charge in [-0.3, -0.25) is 0 Å². The Hall–Kier alpha value is -0.00312. The first-order valence-electron chi connectivity index (χ1n) is 4.68. The van der Waals surface area contributed by atoms with Crippen molar-refractivity contribution in [2.45, 2.75) is 51.4 Å². The van der Waals surface area contributed by atoms with Crippen LogP contribution in [-0.2, 0) is 4.43 Å². The van der Waals surface area contributed by atoms with Crippen LogP contribution in [0, 0.1) is 0 Å². The fourth-order valence-electron chi connectivity index (χ4n) is 0.724. The summed E-state index contributed by atoms with van der Waals surface area (Å²) in [5.41, 5.74) is 0. The first-order valence-corrected chi connectivity index (χ1v) is 7.59. The lowest BCUT2D eigenvalue weighted by molar-refractivity contribution is -0.0261. The topological polar surface area (TPSA) is 29.5 Å². The first kappa shape index (κ1) is 14.0. The molecule has 0 spiro atoms. The molecule has 0 aliphatic heterocycles. The van der Waals surface area contributed by atoms with E-state index in [2.05, 4.69) is 0 Å². The second kappa shape index (κ2) is 4.68. The molecule has 0 radical (unpaired) electrons. The number of aliphatic hydroxyl groups is 1.